The van der Waals surface area contributed by atoms with Gasteiger partial charge in [-0.1, -0.05) is 13.8 Å². The molecule has 0 radical (unpaired) electrons. The largest absolute Gasteiger partial charge is 0.370 e. The first kappa shape index (κ1) is 11.9. The predicted molar refractivity (Wildman–Crippen MR) is 50.9 cm³/mol. The monoisotopic (exact) mass is 186 g/mol. The summed E-state index contributed by atoms with van der Waals surface area (Å²) in [6.07, 6.45) is 1.29. The zero-order valence-electron chi connectivity index (χ0n) is 8.30. The van der Waals surface area contributed by atoms with Crippen molar-refractivity contribution in [2.24, 2.45) is 11.7 Å². The Labute approximate surface area is 78.9 Å². The quantitative estimate of drug-likeness (QED) is 0.630. The van der Waals surface area contributed by atoms with Gasteiger partial charge in [0.05, 0.1) is 0 Å². The molecule has 4 nitrogen and oxygen atoms in total. The second-order valence-electron chi connectivity index (χ2n) is 3.50. The topological polar surface area (TPSA) is 72.2 Å². The van der Waals surface area contributed by atoms with Crippen molar-refractivity contribution in [1.29, 1.82) is 0 Å². The molecule has 0 aromatic carbocycles. The van der Waals surface area contributed by atoms with Gasteiger partial charge in [-0.25, -0.2) is 0 Å². The Kier molecular flexibility index (Phi) is 5.93. The Morgan fingerprint density at radius 2 is 1.92 bits per heavy atom. The zero-order valence-corrected chi connectivity index (χ0v) is 8.30. The van der Waals surface area contributed by atoms with Crippen molar-refractivity contribution in [2.75, 3.05) is 6.54 Å². The molecule has 0 aliphatic heterocycles. The van der Waals surface area contributed by atoms with Gasteiger partial charge >= 0.3 is 0 Å². The lowest BCUT2D eigenvalue weighted by molar-refractivity contribution is -0.125. The van der Waals surface area contributed by atoms with Crippen LogP contribution in [0.3, 0.4) is 0 Å². The van der Waals surface area contributed by atoms with Crippen LogP contribution in [-0.4, -0.2) is 18.4 Å². The Hall–Kier alpha value is -1.06. The Balaban J connectivity index is 3.36. The highest BCUT2D eigenvalue weighted by Crippen LogP contribution is 1.96. The molecule has 0 saturated carbocycles. The van der Waals surface area contributed by atoms with E-state index in [0.29, 0.717) is 12.5 Å². The van der Waals surface area contributed by atoms with Crippen LogP contribution in [0.15, 0.2) is 0 Å². The molecule has 76 valence electrons. The maximum absolute atomic E-state index is 11.0. The summed E-state index contributed by atoms with van der Waals surface area (Å²) in [7, 11) is 0. The molecule has 0 aliphatic carbocycles. The summed E-state index contributed by atoms with van der Waals surface area (Å²) in [6.45, 7) is 4.86. The first-order chi connectivity index (χ1) is 6.02. The van der Waals surface area contributed by atoms with Gasteiger partial charge in [0.1, 0.15) is 0 Å². The maximum Gasteiger partial charge on any atom is 0.220 e. The minimum Gasteiger partial charge on any atom is -0.370 e. The van der Waals surface area contributed by atoms with Crippen LogP contribution >= 0.6 is 0 Å². The molecule has 3 N–H and O–H groups in total. The number of carbonyl (C=O) groups is 2. The molecule has 0 aromatic heterocycles. The highest BCUT2D eigenvalue weighted by molar-refractivity contribution is 5.82. The van der Waals surface area contributed by atoms with E-state index >= 15 is 0 Å². The summed E-state index contributed by atoms with van der Waals surface area (Å²) in [6, 6.07) is 0. The molecule has 0 bridgehead atoms. The third-order valence-corrected chi connectivity index (χ3v) is 1.64. The number of nitrogens with two attached hydrogens (primary N) is 1. The van der Waals surface area contributed by atoms with E-state index in [4.69, 9.17) is 5.73 Å². The number of carbonyl (C=O) groups excluding carboxylic acids is 2. The van der Waals surface area contributed by atoms with Crippen LogP contribution in [0.2, 0.25) is 0 Å². The highest BCUT2D eigenvalue weighted by atomic mass is 16.2. The normalized spacial score (nSPS) is 10.1. The molecule has 0 unspecified atom stereocenters. The molecule has 0 rings (SSSR count). The molecule has 0 aliphatic rings. The van der Waals surface area contributed by atoms with Gasteiger partial charge in [-0.15, -0.1) is 0 Å². The Morgan fingerprint density at radius 3 is 2.38 bits per heavy atom. The third-order valence-electron chi connectivity index (χ3n) is 1.64. The van der Waals surface area contributed by atoms with E-state index in [1.807, 2.05) is 0 Å². The summed E-state index contributed by atoms with van der Waals surface area (Å²) >= 11 is 0. The van der Waals surface area contributed by atoms with E-state index < -0.39 is 5.91 Å². The van der Waals surface area contributed by atoms with Gasteiger partial charge in [-0.05, 0) is 12.3 Å². The van der Waals surface area contributed by atoms with Crippen molar-refractivity contribution in [3.8, 4) is 0 Å². The van der Waals surface area contributed by atoms with Crippen molar-refractivity contribution in [1.82, 2.24) is 5.32 Å². The summed E-state index contributed by atoms with van der Waals surface area (Å²) in [5.74, 6) is 0.0508. The van der Waals surface area contributed by atoms with Crippen molar-refractivity contribution in [3.05, 3.63) is 0 Å². The lowest BCUT2D eigenvalue weighted by Crippen LogP contribution is -2.26. The van der Waals surface area contributed by atoms with E-state index in [1.54, 1.807) is 0 Å². The number of amides is 2. The van der Waals surface area contributed by atoms with Crippen molar-refractivity contribution < 1.29 is 9.59 Å². The zero-order chi connectivity index (χ0) is 10.3. The molecule has 4 heteroatoms. The van der Waals surface area contributed by atoms with Crippen LogP contribution in [0, 0.1) is 5.92 Å². The second kappa shape index (κ2) is 6.46. The molecule has 0 spiro atoms. The first-order valence-electron chi connectivity index (χ1n) is 4.57. The van der Waals surface area contributed by atoms with Crippen LogP contribution in [0.25, 0.3) is 0 Å². The predicted octanol–water partition coefficient (Wildman–Crippen LogP) is 0.414. The molecule has 0 atom stereocenters. The molecule has 0 heterocycles. The van der Waals surface area contributed by atoms with Crippen molar-refractivity contribution >= 4 is 11.8 Å². The van der Waals surface area contributed by atoms with Crippen LogP contribution in [0.4, 0.5) is 0 Å². The van der Waals surface area contributed by atoms with Crippen LogP contribution in [-0.2, 0) is 9.59 Å². The van der Waals surface area contributed by atoms with Gasteiger partial charge in [-0.2, -0.15) is 0 Å². The van der Waals surface area contributed by atoms with Crippen LogP contribution < -0.4 is 11.1 Å². The van der Waals surface area contributed by atoms with Gasteiger partial charge < -0.3 is 11.1 Å². The molecular weight excluding hydrogens is 168 g/mol. The van der Waals surface area contributed by atoms with E-state index in [2.05, 4.69) is 19.2 Å². The van der Waals surface area contributed by atoms with Gasteiger partial charge in [-0.3, -0.25) is 9.59 Å². The standard InChI is InChI=1S/C9H18N2O2/c1-7(2)5-6-11-9(13)4-3-8(10)12/h7H,3-6H2,1-2H3,(H2,10,12)(H,11,13). The molecule has 0 aromatic rings. The maximum atomic E-state index is 11.0. The second-order valence-corrected chi connectivity index (χ2v) is 3.50. The van der Waals surface area contributed by atoms with Gasteiger partial charge in [0.2, 0.25) is 11.8 Å². The number of hydrogen-bond acceptors (Lipinski definition) is 2. The van der Waals surface area contributed by atoms with Gasteiger partial charge in [0, 0.05) is 19.4 Å². The number of primary amides is 1. The smallest absolute Gasteiger partial charge is 0.220 e. The van der Waals surface area contributed by atoms with Crippen LogP contribution in [0.5, 0.6) is 0 Å². The number of hydrogen-bond donors (Lipinski definition) is 2. The third kappa shape index (κ3) is 8.85. The fourth-order valence-corrected chi connectivity index (χ4v) is 0.825. The number of nitrogens with one attached hydrogen (secondary N) is 1. The van der Waals surface area contributed by atoms with Crippen molar-refractivity contribution in [3.63, 3.8) is 0 Å². The minimum atomic E-state index is -0.431. The molecule has 13 heavy (non-hydrogen) atoms. The lowest BCUT2D eigenvalue weighted by atomic mass is 10.1. The minimum absolute atomic E-state index is 0.0977. The van der Waals surface area contributed by atoms with Crippen LogP contribution in [0.1, 0.15) is 33.1 Å². The first-order valence-corrected chi connectivity index (χ1v) is 4.57. The fourth-order valence-electron chi connectivity index (χ4n) is 0.825. The van der Waals surface area contributed by atoms with Gasteiger partial charge in [0.15, 0.2) is 0 Å². The highest BCUT2D eigenvalue weighted by Gasteiger charge is 2.03. The molecule has 2 amide bonds. The van der Waals surface area contributed by atoms with E-state index in [1.165, 1.54) is 0 Å². The Bertz CT molecular complexity index is 178. The lowest BCUT2D eigenvalue weighted by Gasteiger charge is -2.05. The SMILES string of the molecule is CC(C)CCNC(=O)CCC(N)=O. The summed E-state index contributed by atoms with van der Waals surface area (Å²) in [5.41, 5.74) is 4.90. The van der Waals surface area contributed by atoms with E-state index in [9.17, 15) is 9.59 Å². The summed E-state index contributed by atoms with van der Waals surface area (Å²) in [4.78, 5) is 21.3. The van der Waals surface area contributed by atoms with Gasteiger partial charge in [0.25, 0.3) is 0 Å². The Morgan fingerprint density at radius 1 is 1.31 bits per heavy atom. The average Bonchev–Trinajstić information content (AvgIpc) is 2.00. The fraction of sp³-hybridized carbons (Fsp3) is 0.778. The van der Waals surface area contributed by atoms with E-state index in [0.717, 1.165) is 6.42 Å². The molecule has 0 fully saturated rings. The summed E-state index contributed by atoms with van der Waals surface area (Å²) in [5, 5.41) is 2.72. The van der Waals surface area contributed by atoms with Crippen molar-refractivity contribution in [2.45, 2.75) is 33.1 Å². The average molecular weight is 186 g/mol. The molecular formula is C9H18N2O2. The van der Waals surface area contributed by atoms with E-state index in [-0.39, 0.29) is 18.7 Å². The molecule has 0 saturated heterocycles. The summed E-state index contributed by atoms with van der Waals surface area (Å²) < 4.78 is 0. The number of rotatable bonds is 6.